The lowest BCUT2D eigenvalue weighted by atomic mass is 9.96. The molecule has 0 aliphatic heterocycles. The summed E-state index contributed by atoms with van der Waals surface area (Å²) in [5.41, 5.74) is 24.5. The van der Waals surface area contributed by atoms with Crippen molar-refractivity contribution >= 4 is 66.5 Å². The average molecular weight is 1450 g/mol. The van der Waals surface area contributed by atoms with Crippen molar-refractivity contribution in [1.29, 1.82) is 0 Å². The number of benzene rings is 9. The molecule has 9 aromatic rings. The number of unbranched alkanes of at least 4 members (excludes halogenated alkanes) is 9. The second-order valence-corrected chi connectivity index (χ2v) is 25.1. The van der Waals surface area contributed by atoms with Crippen molar-refractivity contribution in [3.05, 3.63) is 320 Å². The Morgan fingerprint density at radius 1 is 0.364 bits per heavy atom. The van der Waals surface area contributed by atoms with Gasteiger partial charge in [-0.3, -0.25) is 54.6 Å². The van der Waals surface area contributed by atoms with Crippen LogP contribution in [0.1, 0.15) is 215 Å². The number of nitrogen functional groups attached to an aromatic ring is 1. The average Bonchev–Trinajstić information content (AvgIpc) is 0.925. The van der Waals surface area contributed by atoms with Crippen molar-refractivity contribution in [2.75, 3.05) is 25.4 Å². The number of aliphatic imine (C=N–C) groups is 4. The molecule has 0 bridgehead atoms. The Labute approximate surface area is 638 Å². The van der Waals surface area contributed by atoms with Gasteiger partial charge in [-0.15, -0.1) is 0 Å². The van der Waals surface area contributed by atoms with Crippen LogP contribution >= 0.6 is 0 Å². The molecule has 2 aliphatic rings. The third-order valence-electron chi connectivity index (χ3n) is 16.0. The highest BCUT2D eigenvalue weighted by Crippen LogP contribution is 2.21. The van der Waals surface area contributed by atoms with Gasteiger partial charge in [0.1, 0.15) is 18.9 Å². The molecule has 2 saturated carbocycles. The number of non-ortho nitro benzene ring substituents is 2. The molecule has 11 rings (SSSR count). The molecule has 0 spiro atoms. The van der Waals surface area contributed by atoms with E-state index in [-0.39, 0.29) is 11.4 Å². The first kappa shape index (κ1) is 92.3. The summed E-state index contributed by atoms with van der Waals surface area (Å²) in [5, 5.41) is 20.6. The van der Waals surface area contributed by atoms with Gasteiger partial charge in [0.15, 0.2) is 0 Å². The minimum Gasteiger partial charge on any atom is -0.399 e. The number of nitro benzene ring substituents is 2. The lowest BCUT2D eigenvalue weighted by Gasteiger charge is -2.16. The molecule has 2 aliphatic carbocycles. The number of hydrogen-bond donors (Lipinski definition) is 3. The Morgan fingerprint density at radius 3 is 0.991 bits per heavy atom. The highest BCUT2D eigenvalue weighted by atomic mass is 16.6. The maximum atomic E-state index is 10.4. The molecule has 0 atom stereocenters. The summed E-state index contributed by atoms with van der Waals surface area (Å²) >= 11 is 0. The molecule has 16 nitrogen and oxygen atoms in total. The number of nitro groups is 2. The lowest BCUT2D eigenvalue weighted by molar-refractivity contribution is -0.385. The molecule has 6 N–H and O–H groups in total. The largest absolute Gasteiger partial charge is 0.399 e. The van der Waals surface area contributed by atoms with E-state index >= 15 is 0 Å². The summed E-state index contributed by atoms with van der Waals surface area (Å²) in [6.45, 7) is 9.27. The van der Waals surface area contributed by atoms with Crippen molar-refractivity contribution in [1.82, 2.24) is 0 Å². The predicted octanol–water partition coefficient (Wildman–Crippen LogP) is 22.6. The van der Waals surface area contributed by atoms with Gasteiger partial charge < -0.3 is 17.2 Å². The smallest absolute Gasteiger partial charge is 0.269 e. The molecule has 107 heavy (non-hydrogen) atoms. The zero-order chi connectivity index (χ0) is 77.5. The minimum absolute atomic E-state index is 0.00407. The molecule has 2 fully saturated rings. The molecule has 0 unspecified atom stereocenters. The zero-order valence-corrected chi connectivity index (χ0v) is 63.5. The number of carbonyl (C=O) groups is 3. The Morgan fingerprint density at radius 2 is 0.673 bits per heavy atom. The van der Waals surface area contributed by atoms with E-state index in [0.717, 1.165) is 72.3 Å². The molecule has 568 valence electrons. The number of para-hydroxylation sites is 2. The van der Waals surface area contributed by atoms with Crippen molar-refractivity contribution < 1.29 is 24.2 Å². The van der Waals surface area contributed by atoms with Gasteiger partial charge in [0.25, 0.3) is 11.4 Å². The van der Waals surface area contributed by atoms with E-state index in [2.05, 4.69) is 77.1 Å². The maximum absolute atomic E-state index is 10.4. The van der Waals surface area contributed by atoms with E-state index in [4.69, 9.17) is 17.2 Å². The molecule has 16 heteroatoms. The van der Waals surface area contributed by atoms with E-state index in [9.17, 15) is 34.6 Å². The second kappa shape index (κ2) is 65.9. The summed E-state index contributed by atoms with van der Waals surface area (Å²) < 4.78 is 0. The Balaban J connectivity index is 0.000000410. The van der Waals surface area contributed by atoms with Crippen molar-refractivity contribution in [2.45, 2.75) is 174 Å². The number of hydrogen-bond acceptors (Lipinski definition) is 14. The normalized spacial score (nSPS) is 12.0. The van der Waals surface area contributed by atoms with Gasteiger partial charge >= 0.3 is 0 Å². The second-order valence-electron chi connectivity index (χ2n) is 25.1. The molecule has 9 aromatic carbocycles. The summed E-state index contributed by atoms with van der Waals surface area (Å²) in [6, 6.07) is 81.3. The van der Waals surface area contributed by atoms with Crippen LogP contribution in [0.2, 0.25) is 0 Å². The summed E-state index contributed by atoms with van der Waals surface area (Å²) in [5.74, 6) is 0. The van der Waals surface area contributed by atoms with Gasteiger partial charge in [-0.2, -0.15) is 0 Å². The van der Waals surface area contributed by atoms with Gasteiger partial charge in [-0.25, -0.2) is 0 Å². The molecule has 0 aromatic heterocycles. The van der Waals surface area contributed by atoms with E-state index in [1.54, 1.807) is 42.6 Å². The molecular weight excluding hydrogens is 1330 g/mol. The van der Waals surface area contributed by atoms with Crippen molar-refractivity contribution in [2.24, 2.45) is 31.4 Å². The SMILES string of the molecule is C(=NC1CCCCC1)c1ccccc1.C(=Nc1ccccc1)c1ccccc1.CCCCCCN.CCCCCCN=Cc1ccc([N+](=O)[O-])cc1.CCCCCCN=Cc1ccccc1.NC1CCCCC1.Nc1ccccc1.O=Cc1ccc([N+](=O)[O-])cc1.O=Cc1ccccc1.O=Cc1ccccc1. The molecule has 0 amide bonds. The summed E-state index contributed by atoms with van der Waals surface area (Å²) in [6.07, 6.45) is 38.4. The topological polar surface area (TPSA) is 265 Å². The van der Waals surface area contributed by atoms with Crippen LogP contribution in [0.5, 0.6) is 0 Å². The van der Waals surface area contributed by atoms with Crippen LogP contribution in [-0.2, 0) is 0 Å². The van der Waals surface area contributed by atoms with Gasteiger partial charge in [0.2, 0.25) is 0 Å². The maximum Gasteiger partial charge on any atom is 0.269 e. The summed E-state index contributed by atoms with van der Waals surface area (Å²) in [4.78, 5) is 67.5. The fourth-order valence-corrected chi connectivity index (χ4v) is 9.88. The lowest BCUT2D eigenvalue weighted by Crippen LogP contribution is -2.22. The Hall–Kier alpha value is -10.8. The Kier molecular flexibility index (Phi) is 56.8. The fourth-order valence-electron chi connectivity index (χ4n) is 9.88. The number of nitrogens with zero attached hydrogens (tertiary/aromatic N) is 6. The summed E-state index contributed by atoms with van der Waals surface area (Å²) in [7, 11) is 0. The van der Waals surface area contributed by atoms with Crippen molar-refractivity contribution in [3.8, 4) is 0 Å². The molecule has 0 radical (unpaired) electrons. The number of nitrogens with two attached hydrogens (primary N) is 3. The van der Waals surface area contributed by atoms with Gasteiger partial charge in [-0.1, -0.05) is 305 Å². The number of aldehydes is 3. The van der Waals surface area contributed by atoms with E-state index in [0.29, 0.717) is 23.9 Å². The van der Waals surface area contributed by atoms with Crippen LogP contribution in [0.15, 0.2) is 281 Å². The van der Waals surface area contributed by atoms with E-state index in [1.807, 2.05) is 170 Å². The third kappa shape index (κ3) is 52.7. The van der Waals surface area contributed by atoms with E-state index < -0.39 is 9.85 Å². The van der Waals surface area contributed by atoms with Crippen LogP contribution in [0.4, 0.5) is 22.7 Å². The quantitative estimate of drug-likeness (QED) is 0.0122. The zero-order valence-electron chi connectivity index (χ0n) is 63.5. The number of anilines is 1. The molecule has 0 heterocycles. The van der Waals surface area contributed by atoms with Gasteiger partial charge in [0.05, 0.1) is 15.5 Å². The molecule has 0 saturated heterocycles. The Bertz CT molecular complexity index is 3600. The predicted molar refractivity (Wildman–Crippen MR) is 451 cm³/mol. The first-order valence-corrected chi connectivity index (χ1v) is 37.9. The monoisotopic (exact) mass is 1450 g/mol. The number of carbonyl (C=O) groups excluding carboxylic acids is 3. The van der Waals surface area contributed by atoms with Gasteiger partial charge in [0, 0.05) is 96.7 Å². The minimum atomic E-state index is -0.505. The first-order valence-electron chi connectivity index (χ1n) is 37.9. The van der Waals surface area contributed by atoms with Crippen LogP contribution in [0, 0.1) is 20.2 Å². The van der Waals surface area contributed by atoms with Crippen molar-refractivity contribution in [3.63, 3.8) is 0 Å². The van der Waals surface area contributed by atoms with Gasteiger partial charge in [-0.05, 0) is 122 Å². The standard InChI is InChI=1S/C13H18N2O2.C13H17N.C13H11N.C13H19N.C7H5NO3.2C7H6O.C6H13N.C6H7N.C6H15N/c1-2-3-4-5-10-14-11-12-6-8-13(9-7-12)15(16)17;2*1-3-7-12(8-4-1)11-14-13-9-5-2-6-10-13;1-2-3-4-8-11-14-12-13-9-6-5-7-10-13;9-5-6-1-3-7(4-2-6)8(10)11;2*8-6-7-4-2-1-3-5-7;2*7-6-4-2-1-3-5-6;1-2-3-4-5-6-7/h6-9,11H,2-5,10H2,1H3;1,3-4,7-8,11,13H,2,5-6,9-10H2;1-11H;5-7,9-10,12H,2-4,8,11H2,1H3;1-5H;2*1-6H;6H,1-5,7H2;1-5H,7H2;2-7H2,1H3. The van der Waals surface area contributed by atoms with Crippen LogP contribution in [-0.4, -0.2) is 85.3 Å². The third-order valence-corrected chi connectivity index (χ3v) is 16.0. The number of rotatable bonds is 25. The first-order chi connectivity index (χ1) is 52.4. The van der Waals surface area contributed by atoms with Crippen LogP contribution in [0.25, 0.3) is 0 Å². The molecular formula is C91H117N9O7. The van der Waals surface area contributed by atoms with Crippen LogP contribution in [0.3, 0.4) is 0 Å². The highest BCUT2D eigenvalue weighted by Gasteiger charge is 2.11. The fraction of sp³-hybridized carbons (Fsp3) is 0.330. The van der Waals surface area contributed by atoms with E-state index in [1.165, 1.54) is 182 Å². The van der Waals surface area contributed by atoms with Crippen LogP contribution < -0.4 is 17.2 Å². The highest BCUT2D eigenvalue weighted by molar-refractivity contribution is 5.82.